The van der Waals surface area contributed by atoms with E-state index in [9.17, 15) is 4.79 Å². The number of carbonyl (C=O) groups is 1. The van der Waals surface area contributed by atoms with Crippen LogP contribution in [0.15, 0.2) is 0 Å². The number of nitrogens with two attached hydrogens (primary N) is 1. The number of nitrogens with zero attached hydrogens (tertiary/aromatic N) is 3. The molecule has 0 unspecified atom stereocenters. The van der Waals surface area contributed by atoms with Crippen LogP contribution >= 0.6 is 0 Å². The van der Waals surface area contributed by atoms with Gasteiger partial charge in [0.15, 0.2) is 0 Å². The molecule has 100 valence electrons. The predicted molar refractivity (Wildman–Crippen MR) is 69.0 cm³/mol. The van der Waals surface area contributed by atoms with E-state index in [0.717, 1.165) is 24.4 Å². The van der Waals surface area contributed by atoms with Crippen LogP contribution in [-0.4, -0.2) is 20.9 Å². The summed E-state index contributed by atoms with van der Waals surface area (Å²) in [5, 5.41) is 8.35. The third kappa shape index (κ3) is 2.89. The SMILES string of the molecule is CC(C)CCn1nnc(CC(N)=O)c1C1CCC1. The third-order valence-corrected chi connectivity index (χ3v) is 3.60. The number of primary amides is 1. The normalized spacial score (nSPS) is 15.9. The molecule has 2 N–H and O–H groups in total. The van der Waals surface area contributed by atoms with E-state index in [1.165, 1.54) is 19.3 Å². The van der Waals surface area contributed by atoms with E-state index in [4.69, 9.17) is 5.73 Å². The Morgan fingerprint density at radius 1 is 1.50 bits per heavy atom. The molecule has 1 heterocycles. The van der Waals surface area contributed by atoms with Crippen LogP contribution in [0, 0.1) is 5.92 Å². The highest BCUT2D eigenvalue weighted by atomic mass is 16.1. The van der Waals surface area contributed by atoms with Crippen molar-refractivity contribution in [3.05, 3.63) is 11.4 Å². The lowest BCUT2D eigenvalue weighted by Gasteiger charge is -2.26. The number of rotatable bonds is 6. The highest BCUT2D eigenvalue weighted by molar-refractivity contribution is 5.76. The van der Waals surface area contributed by atoms with Crippen LogP contribution < -0.4 is 5.73 Å². The molecule has 5 nitrogen and oxygen atoms in total. The molecule has 0 saturated heterocycles. The Morgan fingerprint density at radius 3 is 2.72 bits per heavy atom. The largest absolute Gasteiger partial charge is 0.369 e. The van der Waals surface area contributed by atoms with Crippen molar-refractivity contribution in [3.63, 3.8) is 0 Å². The van der Waals surface area contributed by atoms with Crippen LogP contribution in [0.5, 0.6) is 0 Å². The summed E-state index contributed by atoms with van der Waals surface area (Å²) in [6.45, 7) is 5.28. The maximum absolute atomic E-state index is 11.1. The maximum atomic E-state index is 11.1. The molecule has 0 atom stereocenters. The van der Waals surface area contributed by atoms with Gasteiger partial charge in [-0.2, -0.15) is 0 Å². The lowest BCUT2D eigenvalue weighted by Crippen LogP contribution is -2.20. The van der Waals surface area contributed by atoms with Gasteiger partial charge in [0, 0.05) is 12.5 Å². The zero-order valence-corrected chi connectivity index (χ0v) is 11.2. The highest BCUT2D eigenvalue weighted by Gasteiger charge is 2.28. The second-order valence-corrected chi connectivity index (χ2v) is 5.60. The zero-order valence-electron chi connectivity index (χ0n) is 11.2. The second-order valence-electron chi connectivity index (χ2n) is 5.60. The van der Waals surface area contributed by atoms with Gasteiger partial charge in [0.05, 0.1) is 17.8 Å². The monoisotopic (exact) mass is 250 g/mol. The van der Waals surface area contributed by atoms with Crippen LogP contribution in [0.1, 0.15) is 56.8 Å². The Labute approximate surface area is 108 Å². The molecule has 0 aromatic carbocycles. The van der Waals surface area contributed by atoms with Gasteiger partial charge in [-0.15, -0.1) is 5.10 Å². The van der Waals surface area contributed by atoms with Crippen LogP contribution in [0.25, 0.3) is 0 Å². The topological polar surface area (TPSA) is 73.8 Å². The lowest BCUT2D eigenvalue weighted by atomic mass is 9.81. The summed E-state index contributed by atoms with van der Waals surface area (Å²) in [5.74, 6) is 0.844. The van der Waals surface area contributed by atoms with Gasteiger partial charge in [0.25, 0.3) is 0 Å². The summed E-state index contributed by atoms with van der Waals surface area (Å²) in [6.07, 6.45) is 4.92. The van der Waals surface area contributed by atoms with E-state index in [2.05, 4.69) is 24.2 Å². The summed E-state index contributed by atoms with van der Waals surface area (Å²) in [6, 6.07) is 0. The van der Waals surface area contributed by atoms with Crippen molar-refractivity contribution < 1.29 is 4.79 Å². The van der Waals surface area contributed by atoms with E-state index < -0.39 is 0 Å². The fourth-order valence-corrected chi connectivity index (χ4v) is 2.32. The summed E-state index contributed by atoms with van der Waals surface area (Å²) in [4.78, 5) is 11.1. The average Bonchev–Trinajstić information content (AvgIpc) is 2.56. The van der Waals surface area contributed by atoms with Crippen molar-refractivity contribution in [1.29, 1.82) is 0 Å². The van der Waals surface area contributed by atoms with Crippen LogP contribution in [0.4, 0.5) is 0 Å². The molecule has 0 spiro atoms. The minimum absolute atomic E-state index is 0.216. The molecule has 0 radical (unpaired) electrons. The Morgan fingerprint density at radius 2 is 2.22 bits per heavy atom. The maximum Gasteiger partial charge on any atom is 0.223 e. The van der Waals surface area contributed by atoms with E-state index in [-0.39, 0.29) is 12.3 Å². The summed E-state index contributed by atoms with van der Waals surface area (Å²) >= 11 is 0. The van der Waals surface area contributed by atoms with Crippen molar-refractivity contribution in [2.75, 3.05) is 0 Å². The molecular weight excluding hydrogens is 228 g/mol. The van der Waals surface area contributed by atoms with Crippen LogP contribution in [0.3, 0.4) is 0 Å². The number of hydrogen-bond donors (Lipinski definition) is 1. The fraction of sp³-hybridized carbons (Fsp3) is 0.769. The van der Waals surface area contributed by atoms with E-state index in [1.807, 2.05) is 4.68 Å². The van der Waals surface area contributed by atoms with E-state index >= 15 is 0 Å². The molecule has 0 aliphatic heterocycles. The smallest absolute Gasteiger partial charge is 0.223 e. The number of aryl methyl sites for hydroxylation is 1. The molecule has 18 heavy (non-hydrogen) atoms. The average molecular weight is 250 g/mol. The Balaban J connectivity index is 2.17. The van der Waals surface area contributed by atoms with Crippen molar-refractivity contribution in [3.8, 4) is 0 Å². The highest BCUT2D eigenvalue weighted by Crippen LogP contribution is 2.37. The molecule has 1 aliphatic carbocycles. The van der Waals surface area contributed by atoms with Crippen LogP contribution in [0.2, 0.25) is 0 Å². The summed E-state index contributed by atoms with van der Waals surface area (Å²) in [5.41, 5.74) is 7.21. The molecule has 1 amide bonds. The first-order valence-corrected chi connectivity index (χ1v) is 6.78. The standard InChI is InChI=1S/C13H22N4O/c1-9(2)6-7-17-13(10-4-3-5-10)11(15-16-17)8-12(14)18/h9-10H,3-8H2,1-2H3,(H2,14,18). The molecule has 1 aromatic rings. The molecule has 1 aliphatic rings. The van der Waals surface area contributed by atoms with Gasteiger partial charge in [-0.05, 0) is 25.2 Å². The number of aromatic nitrogens is 3. The van der Waals surface area contributed by atoms with Crippen molar-refractivity contribution in [2.45, 2.75) is 58.4 Å². The van der Waals surface area contributed by atoms with Gasteiger partial charge >= 0.3 is 0 Å². The quantitative estimate of drug-likeness (QED) is 0.833. The molecule has 1 saturated carbocycles. The zero-order chi connectivity index (χ0) is 13.1. The van der Waals surface area contributed by atoms with Crippen LogP contribution in [-0.2, 0) is 17.8 Å². The first-order valence-electron chi connectivity index (χ1n) is 6.78. The molecule has 2 rings (SSSR count). The van der Waals surface area contributed by atoms with Crippen molar-refractivity contribution in [2.24, 2.45) is 11.7 Å². The Hall–Kier alpha value is -1.39. The number of carbonyl (C=O) groups excluding carboxylic acids is 1. The fourth-order valence-electron chi connectivity index (χ4n) is 2.32. The van der Waals surface area contributed by atoms with Crippen molar-refractivity contribution >= 4 is 5.91 Å². The van der Waals surface area contributed by atoms with Gasteiger partial charge < -0.3 is 5.73 Å². The number of amides is 1. The van der Waals surface area contributed by atoms with Gasteiger partial charge in [0.1, 0.15) is 0 Å². The van der Waals surface area contributed by atoms with E-state index in [1.54, 1.807) is 0 Å². The second kappa shape index (κ2) is 5.50. The number of hydrogen-bond acceptors (Lipinski definition) is 3. The van der Waals surface area contributed by atoms with Crippen molar-refractivity contribution in [1.82, 2.24) is 15.0 Å². The van der Waals surface area contributed by atoms with Gasteiger partial charge in [-0.3, -0.25) is 4.79 Å². The predicted octanol–water partition coefficient (Wildman–Crippen LogP) is 1.62. The molecular formula is C13H22N4O. The van der Waals surface area contributed by atoms with Gasteiger partial charge in [-0.25, -0.2) is 4.68 Å². The molecule has 1 aromatic heterocycles. The van der Waals surface area contributed by atoms with Gasteiger partial charge in [-0.1, -0.05) is 25.5 Å². The van der Waals surface area contributed by atoms with Gasteiger partial charge in [0.2, 0.25) is 5.91 Å². The summed E-state index contributed by atoms with van der Waals surface area (Å²) in [7, 11) is 0. The first-order chi connectivity index (χ1) is 8.58. The lowest BCUT2D eigenvalue weighted by molar-refractivity contribution is -0.117. The molecule has 5 heteroatoms. The minimum Gasteiger partial charge on any atom is -0.369 e. The Bertz CT molecular complexity index is 421. The third-order valence-electron chi connectivity index (χ3n) is 3.60. The Kier molecular flexibility index (Phi) is 3.99. The molecule has 1 fully saturated rings. The van der Waals surface area contributed by atoms with E-state index in [0.29, 0.717) is 11.8 Å². The molecule has 0 bridgehead atoms. The minimum atomic E-state index is -0.327. The first kappa shape index (κ1) is 13.1. The summed E-state index contributed by atoms with van der Waals surface area (Å²) < 4.78 is 1.99.